The Bertz CT molecular complexity index is 619. The molecule has 0 bridgehead atoms. The topological polar surface area (TPSA) is 46.2 Å². The number of aliphatic hydroxyl groups is 1. The van der Waals surface area contributed by atoms with E-state index in [1.165, 1.54) is 0 Å². The van der Waals surface area contributed by atoms with Crippen LogP contribution < -0.4 is 5.73 Å². The summed E-state index contributed by atoms with van der Waals surface area (Å²) in [5, 5.41) is 11.1. The molecule has 0 radical (unpaired) electrons. The monoisotopic (exact) mass is 355 g/mol. The van der Waals surface area contributed by atoms with E-state index in [1.54, 1.807) is 17.8 Å². The highest BCUT2D eigenvalue weighted by Gasteiger charge is 2.14. The minimum Gasteiger partial charge on any atom is -0.391 e. The molecule has 0 spiro atoms. The van der Waals surface area contributed by atoms with Gasteiger partial charge in [-0.05, 0) is 35.4 Å². The normalized spacial score (nSPS) is 13.9. The largest absolute Gasteiger partial charge is 0.391 e. The average Bonchev–Trinajstić information content (AvgIpc) is 2.53. The highest BCUT2D eigenvalue weighted by molar-refractivity contribution is 7.98. The second-order valence-electron chi connectivity index (χ2n) is 5.19. The van der Waals surface area contributed by atoms with Gasteiger partial charge in [0.2, 0.25) is 0 Å². The van der Waals surface area contributed by atoms with Crippen LogP contribution in [0, 0.1) is 0 Å². The van der Waals surface area contributed by atoms with Gasteiger partial charge < -0.3 is 10.8 Å². The molecule has 118 valence electrons. The van der Waals surface area contributed by atoms with Gasteiger partial charge in [0, 0.05) is 33.2 Å². The fraction of sp³-hybridized carbons (Fsp3) is 0.294. The lowest BCUT2D eigenvalue weighted by molar-refractivity contribution is 0.157. The molecule has 0 amide bonds. The Labute approximate surface area is 145 Å². The fourth-order valence-corrected chi connectivity index (χ4v) is 3.55. The van der Waals surface area contributed by atoms with Crippen LogP contribution in [0.1, 0.15) is 24.0 Å². The van der Waals surface area contributed by atoms with Crippen LogP contribution in [0.15, 0.2) is 47.4 Å². The molecule has 0 heterocycles. The van der Waals surface area contributed by atoms with Crippen molar-refractivity contribution in [2.75, 3.05) is 6.54 Å². The summed E-state index contributed by atoms with van der Waals surface area (Å²) in [4.78, 5) is 1.16. The molecule has 5 heteroatoms. The zero-order valence-corrected chi connectivity index (χ0v) is 14.6. The zero-order valence-electron chi connectivity index (χ0n) is 12.3. The number of halogens is 2. The van der Waals surface area contributed by atoms with Crippen molar-refractivity contribution in [1.29, 1.82) is 0 Å². The van der Waals surface area contributed by atoms with Gasteiger partial charge in [0.25, 0.3) is 0 Å². The van der Waals surface area contributed by atoms with Crippen LogP contribution >= 0.6 is 35.0 Å². The molecule has 2 unspecified atom stereocenters. The molecule has 2 rings (SSSR count). The summed E-state index contributed by atoms with van der Waals surface area (Å²) >= 11 is 13.8. The predicted molar refractivity (Wildman–Crippen MR) is 95.9 cm³/mol. The van der Waals surface area contributed by atoms with Crippen LogP contribution in [0.25, 0.3) is 0 Å². The molecule has 0 saturated carbocycles. The van der Waals surface area contributed by atoms with Crippen LogP contribution in [0.3, 0.4) is 0 Å². The summed E-state index contributed by atoms with van der Waals surface area (Å²) in [6.45, 7) is 2.25. The molecular formula is C17H19Cl2NOS. The second-order valence-corrected chi connectivity index (χ2v) is 7.08. The summed E-state index contributed by atoms with van der Waals surface area (Å²) < 4.78 is 0. The van der Waals surface area contributed by atoms with E-state index in [4.69, 9.17) is 28.9 Å². The first-order valence-corrected chi connectivity index (χ1v) is 8.80. The molecular weight excluding hydrogens is 337 g/mol. The summed E-state index contributed by atoms with van der Waals surface area (Å²) in [6.07, 6.45) is -0.508. The fourth-order valence-electron chi connectivity index (χ4n) is 2.09. The molecule has 0 aliphatic heterocycles. The van der Waals surface area contributed by atoms with Gasteiger partial charge in [0.15, 0.2) is 0 Å². The standard InChI is InChI=1S/C17H19Cl2NOS/c1-11(17(21)9-20)12-3-6-15(7-4-12)22-10-13-2-5-14(18)8-16(13)19/h2-8,11,17,21H,9-10,20H2,1H3. The lowest BCUT2D eigenvalue weighted by atomic mass is 9.95. The third-order valence-corrected chi connectivity index (χ3v) is 5.28. The van der Waals surface area contributed by atoms with E-state index in [1.807, 2.05) is 31.2 Å². The van der Waals surface area contributed by atoms with E-state index in [-0.39, 0.29) is 12.5 Å². The molecule has 0 aliphatic rings. The highest BCUT2D eigenvalue weighted by atomic mass is 35.5. The molecule has 0 aromatic heterocycles. The summed E-state index contributed by atoms with van der Waals surface area (Å²) in [5.74, 6) is 0.825. The summed E-state index contributed by atoms with van der Waals surface area (Å²) in [5.41, 5.74) is 7.65. The van der Waals surface area contributed by atoms with Gasteiger partial charge in [-0.2, -0.15) is 0 Å². The summed E-state index contributed by atoms with van der Waals surface area (Å²) in [6, 6.07) is 13.8. The molecule has 3 N–H and O–H groups in total. The maximum atomic E-state index is 9.80. The second kappa shape index (κ2) is 8.23. The first-order valence-electron chi connectivity index (χ1n) is 7.06. The van der Waals surface area contributed by atoms with Gasteiger partial charge in [-0.3, -0.25) is 0 Å². The van der Waals surface area contributed by atoms with Crippen molar-refractivity contribution in [2.24, 2.45) is 5.73 Å². The van der Waals surface area contributed by atoms with E-state index in [0.29, 0.717) is 10.0 Å². The molecule has 0 fully saturated rings. The third kappa shape index (κ3) is 4.64. The number of benzene rings is 2. The molecule has 2 atom stereocenters. The van der Waals surface area contributed by atoms with Crippen molar-refractivity contribution in [3.8, 4) is 0 Å². The number of thioether (sulfide) groups is 1. The van der Waals surface area contributed by atoms with Crippen LogP contribution in [-0.2, 0) is 5.75 Å². The third-order valence-electron chi connectivity index (χ3n) is 3.63. The Kier molecular flexibility index (Phi) is 6.60. The number of nitrogens with two attached hydrogens (primary N) is 1. The SMILES string of the molecule is CC(c1ccc(SCc2ccc(Cl)cc2Cl)cc1)C(O)CN. The Balaban J connectivity index is 1.99. The van der Waals surface area contributed by atoms with Crippen LogP contribution in [-0.4, -0.2) is 17.8 Å². The smallest absolute Gasteiger partial charge is 0.0728 e. The average molecular weight is 356 g/mol. The number of rotatable bonds is 6. The highest BCUT2D eigenvalue weighted by Crippen LogP contribution is 2.29. The van der Waals surface area contributed by atoms with Gasteiger partial charge in [-0.15, -0.1) is 11.8 Å². The Morgan fingerprint density at radius 3 is 2.41 bits per heavy atom. The number of hydrogen-bond acceptors (Lipinski definition) is 3. The molecule has 22 heavy (non-hydrogen) atoms. The molecule has 2 nitrogen and oxygen atoms in total. The van der Waals surface area contributed by atoms with Gasteiger partial charge >= 0.3 is 0 Å². The van der Waals surface area contributed by atoms with Gasteiger partial charge in [0.05, 0.1) is 6.10 Å². The minimum atomic E-state index is -0.508. The van der Waals surface area contributed by atoms with Crippen molar-refractivity contribution in [3.63, 3.8) is 0 Å². The van der Waals surface area contributed by atoms with E-state index < -0.39 is 6.10 Å². The van der Waals surface area contributed by atoms with Crippen molar-refractivity contribution in [1.82, 2.24) is 0 Å². The molecule has 0 saturated heterocycles. The first-order chi connectivity index (χ1) is 10.5. The predicted octanol–water partition coefficient (Wildman–Crippen LogP) is 4.71. The quantitative estimate of drug-likeness (QED) is 0.737. The van der Waals surface area contributed by atoms with Crippen LogP contribution in [0.4, 0.5) is 0 Å². The van der Waals surface area contributed by atoms with Crippen molar-refractivity contribution in [2.45, 2.75) is 29.6 Å². The minimum absolute atomic E-state index is 0.0368. The van der Waals surface area contributed by atoms with Crippen molar-refractivity contribution < 1.29 is 5.11 Å². The Morgan fingerprint density at radius 1 is 1.14 bits per heavy atom. The van der Waals surface area contributed by atoms with Gasteiger partial charge in [-0.25, -0.2) is 0 Å². The lowest BCUT2D eigenvalue weighted by Gasteiger charge is -2.17. The maximum absolute atomic E-state index is 9.80. The van der Waals surface area contributed by atoms with E-state index in [0.717, 1.165) is 21.8 Å². The van der Waals surface area contributed by atoms with E-state index >= 15 is 0 Å². The first kappa shape index (κ1) is 17.6. The number of hydrogen-bond donors (Lipinski definition) is 2. The van der Waals surface area contributed by atoms with Gasteiger partial charge in [0.1, 0.15) is 0 Å². The number of aliphatic hydroxyl groups excluding tert-OH is 1. The van der Waals surface area contributed by atoms with Crippen molar-refractivity contribution >= 4 is 35.0 Å². The van der Waals surface area contributed by atoms with Crippen LogP contribution in [0.5, 0.6) is 0 Å². The van der Waals surface area contributed by atoms with Crippen molar-refractivity contribution in [3.05, 3.63) is 63.6 Å². The molecule has 2 aromatic rings. The molecule has 2 aromatic carbocycles. The zero-order chi connectivity index (χ0) is 16.1. The van der Waals surface area contributed by atoms with E-state index in [2.05, 4.69) is 12.1 Å². The Morgan fingerprint density at radius 2 is 1.82 bits per heavy atom. The Hall–Kier alpha value is -0.710. The van der Waals surface area contributed by atoms with Crippen LogP contribution in [0.2, 0.25) is 10.0 Å². The van der Waals surface area contributed by atoms with Gasteiger partial charge in [-0.1, -0.05) is 48.3 Å². The van der Waals surface area contributed by atoms with E-state index in [9.17, 15) is 5.11 Å². The molecule has 0 aliphatic carbocycles. The lowest BCUT2D eigenvalue weighted by Crippen LogP contribution is -2.25. The maximum Gasteiger partial charge on any atom is 0.0728 e. The summed E-state index contributed by atoms with van der Waals surface area (Å²) in [7, 11) is 0.